The van der Waals surface area contributed by atoms with Gasteiger partial charge in [0, 0.05) is 5.56 Å². The number of benzene rings is 1. The second-order valence-corrected chi connectivity index (χ2v) is 9.04. The van der Waals surface area contributed by atoms with Gasteiger partial charge in [-0.1, -0.05) is 18.2 Å². The summed E-state index contributed by atoms with van der Waals surface area (Å²) in [6, 6.07) is 8.64. The fourth-order valence-corrected chi connectivity index (χ4v) is 3.55. The molecule has 4 rings (SSSR count). The smallest absolute Gasteiger partial charge is 0.313 e. The fourth-order valence-electron chi connectivity index (χ4n) is 3.55. The van der Waals surface area contributed by atoms with Gasteiger partial charge >= 0.3 is 5.97 Å². The molecule has 4 atom stereocenters. The number of hydrogen-bond donors (Lipinski definition) is 3. The van der Waals surface area contributed by atoms with E-state index in [1.165, 1.54) is 17.2 Å². The van der Waals surface area contributed by atoms with Crippen LogP contribution in [0.25, 0.3) is 11.2 Å². The van der Waals surface area contributed by atoms with Gasteiger partial charge in [-0.3, -0.25) is 14.2 Å². The van der Waals surface area contributed by atoms with Gasteiger partial charge in [0.05, 0.1) is 18.3 Å². The average Bonchev–Trinajstić information content (AvgIpc) is 3.40. The second-order valence-electron chi connectivity index (χ2n) is 9.04. The molecule has 0 spiro atoms. The first kappa shape index (κ1) is 24.7. The summed E-state index contributed by atoms with van der Waals surface area (Å²) in [5, 5.41) is 23.0. The Hall–Kier alpha value is -3.45. The van der Waals surface area contributed by atoms with Crippen molar-refractivity contribution < 1.29 is 34.0 Å². The highest BCUT2D eigenvalue weighted by Crippen LogP contribution is 2.34. The number of carbonyl (C=O) groups excluding carboxylic acids is 2. The first-order valence-electron chi connectivity index (χ1n) is 11.0. The van der Waals surface area contributed by atoms with Gasteiger partial charge in [0.2, 0.25) is 0 Å². The average molecular weight is 485 g/mol. The number of amides is 1. The molecule has 2 aromatic heterocycles. The van der Waals surface area contributed by atoms with Crippen LogP contribution in [0, 0.1) is 5.41 Å². The molecule has 12 heteroatoms. The van der Waals surface area contributed by atoms with Gasteiger partial charge in [-0.05, 0) is 32.9 Å². The maximum absolute atomic E-state index is 12.6. The van der Waals surface area contributed by atoms with Crippen molar-refractivity contribution in [3.8, 4) is 0 Å². The van der Waals surface area contributed by atoms with Gasteiger partial charge in [0.1, 0.15) is 24.6 Å². The number of esters is 1. The van der Waals surface area contributed by atoms with Crippen molar-refractivity contribution in [2.45, 2.75) is 45.3 Å². The van der Waals surface area contributed by atoms with Gasteiger partial charge in [-0.2, -0.15) is 0 Å². The first-order valence-corrected chi connectivity index (χ1v) is 11.0. The van der Waals surface area contributed by atoms with Crippen LogP contribution in [-0.4, -0.2) is 73.3 Å². The van der Waals surface area contributed by atoms with Crippen LogP contribution in [-0.2, 0) is 19.0 Å². The Bertz CT molecular complexity index is 1190. The molecule has 1 aliphatic rings. The van der Waals surface area contributed by atoms with E-state index in [0.29, 0.717) is 16.7 Å². The summed E-state index contributed by atoms with van der Waals surface area (Å²) in [5.41, 5.74) is 0.323. The third-order valence-electron chi connectivity index (χ3n) is 5.46. The lowest BCUT2D eigenvalue weighted by molar-refractivity contribution is -0.179. The summed E-state index contributed by atoms with van der Waals surface area (Å²) in [6.07, 6.45) is -1.44. The second kappa shape index (κ2) is 10.0. The monoisotopic (exact) mass is 485 g/mol. The number of hydrogen-bond acceptors (Lipinski definition) is 10. The number of aliphatic hydroxyl groups excluding tert-OH is 2. The normalized spacial score (nSPS) is 22.3. The predicted molar refractivity (Wildman–Crippen MR) is 122 cm³/mol. The fraction of sp³-hybridized carbons (Fsp3) is 0.435. The van der Waals surface area contributed by atoms with E-state index in [1.54, 1.807) is 51.1 Å². The largest absolute Gasteiger partial charge is 0.438 e. The Balaban J connectivity index is 1.57. The Morgan fingerprint density at radius 1 is 1.17 bits per heavy atom. The van der Waals surface area contributed by atoms with Crippen LogP contribution in [0.5, 0.6) is 0 Å². The van der Waals surface area contributed by atoms with E-state index in [4.69, 9.17) is 14.2 Å². The van der Waals surface area contributed by atoms with E-state index in [2.05, 4.69) is 20.3 Å². The zero-order valence-electron chi connectivity index (χ0n) is 19.5. The maximum atomic E-state index is 12.6. The van der Waals surface area contributed by atoms with Crippen molar-refractivity contribution in [2.24, 2.45) is 5.41 Å². The lowest BCUT2D eigenvalue weighted by Gasteiger charge is -2.23. The third-order valence-corrected chi connectivity index (χ3v) is 5.46. The van der Waals surface area contributed by atoms with Gasteiger partial charge < -0.3 is 29.7 Å². The van der Waals surface area contributed by atoms with Crippen LogP contribution in [0.15, 0.2) is 43.0 Å². The van der Waals surface area contributed by atoms with E-state index in [9.17, 15) is 19.8 Å². The third kappa shape index (κ3) is 5.15. The summed E-state index contributed by atoms with van der Waals surface area (Å²) in [6.45, 7) is 4.24. The van der Waals surface area contributed by atoms with Crippen LogP contribution in [0.4, 0.5) is 5.82 Å². The minimum atomic E-state index is -1.21. The highest BCUT2D eigenvalue weighted by molar-refractivity contribution is 6.06. The Kier molecular flexibility index (Phi) is 7.08. The van der Waals surface area contributed by atoms with Crippen LogP contribution in [0.2, 0.25) is 0 Å². The van der Waals surface area contributed by atoms with Gasteiger partial charge in [0.15, 0.2) is 30.0 Å². The number of carbonyl (C=O) groups is 2. The molecule has 0 bridgehead atoms. The summed E-state index contributed by atoms with van der Waals surface area (Å²) >= 11 is 0. The summed E-state index contributed by atoms with van der Waals surface area (Å²) in [7, 11) is 0. The minimum Gasteiger partial charge on any atom is -0.438 e. The van der Waals surface area contributed by atoms with Crippen molar-refractivity contribution in [2.75, 3.05) is 18.7 Å². The number of aliphatic hydroxyl groups is 2. The molecule has 0 saturated carbocycles. The van der Waals surface area contributed by atoms with Gasteiger partial charge in [0.25, 0.3) is 5.91 Å². The first-order chi connectivity index (χ1) is 16.7. The van der Waals surface area contributed by atoms with Crippen LogP contribution in [0.3, 0.4) is 0 Å². The van der Waals surface area contributed by atoms with Crippen LogP contribution in [0.1, 0.15) is 37.4 Å². The number of ether oxygens (including phenoxy) is 3. The van der Waals surface area contributed by atoms with E-state index >= 15 is 0 Å². The molecule has 0 aliphatic carbocycles. The van der Waals surface area contributed by atoms with Crippen molar-refractivity contribution >= 4 is 28.9 Å². The number of fused-ring (bicyclic) bond motifs is 1. The molecule has 0 radical (unpaired) electrons. The Morgan fingerprint density at radius 3 is 2.60 bits per heavy atom. The van der Waals surface area contributed by atoms with E-state index in [-0.39, 0.29) is 11.7 Å². The van der Waals surface area contributed by atoms with E-state index in [1.807, 2.05) is 0 Å². The molecule has 35 heavy (non-hydrogen) atoms. The molecule has 3 heterocycles. The molecule has 3 N–H and O–H groups in total. The standard InChI is InChI=1S/C23H27N5O7/c1-23(2,3)22(32)34-12-33-17-16(30)14(9-29)35-21(17)28-11-26-15-18(24-10-25-19(15)28)27-20(31)13-7-5-4-6-8-13/h4-8,10-11,14,16-17,21,29-30H,9,12H2,1-3H3,(H,24,25,27,31). The molecule has 186 valence electrons. The van der Waals surface area contributed by atoms with Crippen molar-refractivity contribution in [1.29, 1.82) is 0 Å². The Morgan fingerprint density at radius 2 is 1.91 bits per heavy atom. The number of nitrogens with one attached hydrogen (secondary N) is 1. The summed E-state index contributed by atoms with van der Waals surface area (Å²) in [4.78, 5) is 37.3. The highest BCUT2D eigenvalue weighted by Gasteiger charge is 2.46. The molecule has 4 unspecified atom stereocenters. The highest BCUT2D eigenvalue weighted by atomic mass is 16.7. The molecule has 1 aromatic carbocycles. The summed E-state index contributed by atoms with van der Waals surface area (Å²) in [5.74, 6) is -0.646. The van der Waals surface area contributed by atoms with Crippen LogP contribution >= 0.6 is 0 Å². The van der Waals surface area contributed by atoms with Crippen LogP contribution < -0.4 is 5.32 Å². The summed E-state index contributed by atoms with van der Waals surface area (Å²) < 4.78 is 18.1. The molecular formula is C23H27N5O7. The minimum absolute atomic E-state index is 0.191. The van der Waals surface area contributed by atoms with Crippen molar-refractivity contribution in [1.82, 2.24) is 19.5 Å². The molecule has 1 fully saturated rings. The van der Waals surface area contributed by atoms with Gasteiger partial charge in [-0.25, -0.2) is 15.0 Å². The lowest BCUT2D eigenvalue weighted by Crippen LogP contribution is -2.36. The SMILES string of the molecule is CC(C)(C)C(=O)OCOC1C(O)C(CO)OC1n1cnc2c(NC(=O)c3ccccc3)ncnc21. The Labute approximate surface area is 200 Å². The number of rotatable bonds is 7. The van der Waals surface area contributed by atoms with E-state index in [0.717, 1.165) is 0 Å². The topological polar surface area (TPSA) is 158 Å². The number of imidazole rings is 1. The molecule has 1 saturated heterocycles. The van der Waals surface area contributed by atoms with E-state index < -0.39 is 49.3 Å². The van der Waals surface area contributed by atoms with Crippen molar-refractivity contribution in [3.63, 3.8) is 0 Å². The zero-order valence-corrected chi connectivity index (χ0v) is 19.5. The molecule has 12 nitrogen and oxygen atoms in total. The maximum Gasteiger partial charge on any atom is 0.313 e. The predicted octanol–water partition coefficient (Wildman–Crippen LogP) is 1.26. The quantitative estimate of drug-likeness (QED) is 0.329. The number of nitrogens with zero attached hydrogens (tertiary/aromatic N) is 4. The van der Waals surface area contributed by atoms with Crippen molar-refractivity contribution in [3.05, 3.63) is 48.5 Å². The molecule has 1 amide bonds. The zero-order chi connectivity index (χ0) is 25.2. The number of anilines is 1. The molecule has 1 aliphatic heterocycles. The lowest BCUT2D eigenvalue weighted by atomic mass is 9.98. The number of aromatic nitrogens is 4. The molecular weight excluding hydrogens is 458 g/mol. The molecule has 3 aromatic rings. The van der Waals surface area contributed by atoms with Gasteiger partial charge in [-0.15, -0.1) is 0 Å².